The molecule has 95 heavy (non-hydrogen) atoms. The van der Waals surface area contributed by atoms with E-state index in [9.17, 15) is 21.0 Å². The summed E-state index contributed by atoms with van der Waals surface area (Å²) in [7, 11) is 0. The van der Waals surface area contributed by atoms with E-state index >= 15 is 0 Å². The van der Waals surface area contributed by atoms with E-state index in [1.807, 2.05) is 36.4 Å². The Kier molecular flexibility index (Phi) is 9.88. The van der Waals surface area contributed by atoms with Gasteiger partial charge < -0.3 is 0 Å². The molecule has 0 N–H and O–H groups in total. The Labute approximate surface area is 536 Å². The van der Waals surface area contributed by atoms with Crippen LogP contribution < -0.4 is 0 Å². The van der Waals surface area contributed by atoms with Crippen molar-refractivity contribution in [1.82, 2.24) is 33.1 Å². The molecule has 430 valence electrons. The van der Waals surface area contributed by atoms with Gasteiger partial charge in [-0.3, -0.25) is 13.2 Å². The second-order valence-electron chi connectivity index (χ2n) is 24.9. The summed E-state index contributed by atoms with van der Waals surface area (Å²) in [5.41, 5.74) is 15.7. The van der Waals surface area contributed by atoms with Crippen molar-refractivity contribution < 1.29 is 0 Å². The number of hydrogen-bond donors (Lipinski definition) is 0. The first-order valence-corrected chi connectivity index (χ1v) is 31.3. The Morgan fingerprint density at radius 1 is 0.221 bits per heavy atom. The van der Waals surface area contributed by atoms with Crippen molar-refractivity contribution in [2.24, 2.45) is 0 Å². The van der Waals surface area contributed by atoms with Crippen molar-refractivity contribution in [2.75, 3.05) is 0 Å². The first kappa shape index (κ1) is 51.0. The monoisotopic (exact) mass is 1200 g/mol. The topological polar surface area (TPSA) is 160 Å². The zero-order chi connectivity index (χ0) is 62.6. The van der Waals surface area contributed by atoms with Gasteiger partial charge in [0, 0.05) is 64.6 Å². The maximum absolute atomic E-state index is 10.6. The highest BCUT2D eigenvalue weighted by Gasteiger charge is 2.26. The SMILES string of the molecule is N#Cc1c(C#N)c(C#N)c2cc3c(cc2c1C#N)c1c2ccc(-c4ccc5nc6c7ccc8cc(-c9ccc%10nc%11c%12ccc%13ccccc%13c%12c%12cc%13ccccc%13nc%12n%11c%10c9)ccc8c7c7cc8ccccc8cc7n6c5c4)cc2ccc1c1nc2ccccc2n31. The van der Waals surface area contributed by atoms with Crippen molar-refractivity contribution in [3.05, 3.63) is 259 Å². The van der Waals surface area contributed by atoms with Crippen LogP contribution >= 0.6 is 0 Å². The van der Waals surface area contributed by atoms with Crippen molar-refractivity contribution in [3.63, 3.8) is 0 Å². The lowest BCUT2D eigenvalue weighted by atomic mass is 9.88. The lowest BCUT2D eigenvalue weighted by Gasteiger charge is -2.15. The smallest absolute Gasteiger partial charge is 0.147 e. The third-order valence-electron chi connectivity index (χ3n) is 20.2. The van der Waals surface area contributed by atoms with E-state index in [4.69, 9.17) is 19.9 Å². The van der Waals surface area contributed by atoms with Crippen LogP contribution in [-0.2, 0) is 0 Å². The maximum Gasteiger partial charge on any atom is 0.147 e. The number of nitrogens with zero attached hydrogens (tertiary/aromatic N) is 11. The molecule has 21 rings (SSSR count). The van der Waals surface area contributed by atoms with Crippen LogP contribution in [0.4, 0.5) is 0 Å². The minimum absolute atomic E-state index is 0.0563. The van der Waals surface area contributed by atoms with Crippen molar-refractivity contribution in [3.8, 4) is 46.5 Å². The average molecular weight is 1200 g/mol. The minimum atomic E-state index is -0.106. The van der Waals surface area contributed by atoms with Crippen molar-refractivity contribution in [2.45, 2.75) is 0 Å². The second kappa shape index (κ2) is 18.4. The third-order valence-corrected chi connectivity index (χ3v) is 20.2. The van der Waals surface area contributed by atoms with Gasteiger partial charge in [0.15, 0.2) is 0 Å². The number of imidazole rings is 3. The van der Waals surface area contributed by atoms with Gasteiger partial charge in [-0.1, -0.05) is 133 Å². The largest absolute Gasteiger partial charge is 0.292 e. The highest BCUT2D eigenvalue weighted by molar-refractivity contribution is 6.29. The summed E-state index contributed by atoms with van der Waals surface area (Å²) in [6, 6.07) is 92.5. The Morgan fingerprint density at radius 2 is 0.621 bits per heavy atom. The number of hydrogen-bond acceptors (Lipinski definition) is 8. The molecule has 0 saturated heterocycles. The van der Waals surface area contributed by atoms with E-state index in [1.165, 1.54) is 10.8 Å². The first-order valence-electron chi connectivity index (χ1n) is 31.3. The van der Waals surface area contributed by atoms with E-state index in [1.54, 1.807) is 0 Å². The summed E-state index contributed by atoms with van der Waals surface area (Å²) in [6.45, 7) is 0. The third kappa shape index (κ3) is 6.76. The maximum atomic E-state index is 10.6. The first-order chi connectivity index (χ1) is 46.9. The molecule has 7 aromatic heterocycles. The molecule has 0 atom stereocenters. The number of aromatic nitrogens is 7. The molecule has 0 amide bonds. The molecule has 0 aliphatic rings. The summed E-state index contributed by atoms with van der Waals surface area (Å²) in [5.74, 6) is 0. The second-order valence-corrected chi connectivity index (χ2v) is 24.9. The zero-order valence-electron chi connectivity index (χ0n) is 49.9. The van der Waals surface area contributed by atoms with E-state index < -0.39 is 0 Å². The highest BCUT2D eigenvalue weighted by Crippen LogP contribution is 2.45. The molecule has 0 spiro atoms. The standard InChI is InChI=1S/C84H39N11/c85-40-65-60-38-63-75(39-61(60)66(41-86)68(43-88)67(65)42-87)93-73-16-8-7-15-70(73)90-81(93)58-28-21-52-31-47(19-25-56(52)79(58)63)49-22-29-71-76(36-49)94-74-35-46-11-2-1-10-45(46)33-62(74)78-55-24-18-48(32-51(55)20-27-57(78)82(94)91-71)50-23-30-72-77(37-50)95-83(92-72)59-26-17-44-9-3-5-13-54(44)80(59)64-34-53-12-4-6-14-69(53)89-84(64)95/h1-39H. The van der Waals surface area contributed by atoms with Crippen LogP contribution in [0.3, 0.4) is 0 Å². The Bertz CT molecular complexity index is 7470. The highest BCUT2D eigenvalue weighted by atomic mass is 15.1. The van der Waals surface area contributed by atoms with Crippen molar-refractivity contribution >= 4 is 180 Å². The predicted octanol–water partition coefficient (Wildman–Crippen LogP) is 20.1. The van der Waals surface area contributed by atoms with Crippen LogP contribution in [0.25, 0.3) is 202 Å². The number of rotatable bonds is 2. The van der Waals surface area contributed by atoms with Gasteiger partial charge in [-0.05, 0) is 168 Å². The molecule has 0 unspecified atom stereocenters. The van der Waals surface area contributed by atoms with Gasteiger partial charge in [0.25, 0.3) is 0 Å². The van der Waals surface area contributed by atoms with E-state index in [2.05, 4.69) is 238 Å². The Morgan fingerprint density at radius 3 is 1.25 bits per heavy atom. The summed E-state index contributed by atoms with van der Waals surface area (Å²) < 4.78 is 6.71. The Hall–Kier alpha value is -13.8. The minimum Gasteiger partial charge on any atom is -0.292 e. The quantitative estimate of drug-likeness (QED) is 0.122. The van der Waals surface area contributed by atoms with Crippen LogP contribution in [0.2, 0.25) is 0 Å². The van der Waals surface area contributed by atoms with E-state index in [0.717, 1.165) is 181 Å². The van der Waals surface area contributed by atoms with Gasteiger partial charge in [0.2, 0.25) is 0 Å². The number of para-hydroxylation sites is 3. The van der Waals surface area contributed by atoms with Crippen LogP contribution in [-0.4, -0.2) is 33.1 Å². The number of pyridine rings is 4. The predicted molar refractivity (Wildman–Crippen MR) is 383 cm³/mol. The van der Waals surface area contributed by atoms with Gasteiger partial charge in [-0.2, -0.15) is 21.0 Å². The lowest BCUT2D eigenvalue weighted by Crippen LogP contribution is -1.99. The Balaban J connectivity index is 0.740. The van der Waals surface area contributed by atoms with E-state index in [-0.39, 0.29) is 22.3 Å². The summed E-state index contributed by atoms with van der Waals surface area (Å²) in [4.78, 5) is 21.4. The lowest BCUT2D eigenvalue weighted by molar-refractivity contribution is 1.26. The number of fused-ring (bicyclic) bond motifs is 33. The molecular weight excluding hydrogens is 1160 g/mol. The molecule has 7 heterocycles. The van der Waals surface area contributed by atoms with Crippen LogP contribution in [0.5, 0.6) is 0 Å². The van der Waals surface area contributed by atoms with Gasteiger partial charge in [-0.15, -0.1) is 0 Å². The molecule has 0 radical (unpaired) electrons. The van der Waals surface area contributed by atoms with Gasteiger partial charge in [0.1, 0.15) is 46.9 Å². The van der Waals surface area contributed by atoms with Gasteiger partial charge in [-0.25, -0.2) is 19.9 Å². The summed E-state index contributed by atoms with van der Waals surface area (Å²) >= 11 is 0. The molecule has 0 aliphatic heterocycles. The van der Waals surface area contributed by atoms with Crippen LogP contribution in [0, 0.1) is 45.3 Å². The fourth-order valence-corrected chi connectivity index (χ4v) is 15.9. The summed E-state index contributed by atoms with van der Waals surface area (Å²) in [5, 5.41) is 61.9. The molecule has 14 aromatic carbocycles. The molecule has 0 fully saturated rings. The molecule has 11 heteroatoms. The normalized spacial score (nSPS) is 12.2. The van der Waals surface area contributed by atoms with Crippen LogP contribution in [0.15, 0.2) is 237 Å². The molecule has 0 bridgehead atoms. The molecule has 11 nitrogen and oxygen atoms in total. The molecule has 0 aliphatic carbocycles. The average Bonchev–Trinajstić information content (AvgIpc) is 1.63. The van der Waals surface area contributed by atoms with E-state index in [0.29, 0.717) is 10.8 Å². The number of nitriles is 4. The van der Waals surface area contributed by atoms with Gasteiger partial charge >= 0.3 is 0 Å². The fraction of sp³-hybridized carbons (Fsp3) is 0. The zero-order valence-corrected chi connectivity index (χ0v) is 49.9. The van der Waals surface area contributed by atoms with Crippen molar-refractivity contribution in [1.29, 1.82) is 21.0 Å². The molecule has 21 aromatic rings. The summed E-state index contributed by atoms with van der Waals surface area (Å²) in [6.07, 6.45) is 0. The van der Waals surface area contributed by atoms with Crippen LogP contribution in [0.1, 0.15) is 22.3 Å². The molecule has 0 saturated carbocycles. The fourth-order valence-electron chi connectivity index (χ4n) is 15.9. The molecular formula is C84H39N11. The van der Waals surface area contributed by atoms with Gasteiger partial charge in [0.05, 0.1) is 71.9 Å². The number of benzene rings is 14.